The topological polar surface area (TPSA) is 38.9 Å². The first-order chi connectivity index (χ1) is 4.88. The van der Waals surface area contributed by atoms with Crippen LogP contribution < -0.4 is 0 Å². The zero-order valence-electron chi connectivity index (χ0n) is 5.53. The molecule has 3 nitrogen and oxygen atoms in total. The summed E-state index contributed by atoms with van der Waals surface area (Å²) in [5.41, 5.74) is 1.76. The summed E-state index contributed by atoms with van der Waals surface area (Å²) in [6.07, 6.45) is 3.39. The van der Waals surface area contributed by atoms with E-state index in [2.05, 4.69) is 10.1 Å². The van der Waals surface area contributed by atoms with Gasteiger partial charge in [0.15, 0.2) is 5.58 Å². The third-order valence-corrected chi connectivity index (χ3v) is 1.48. The largest absolute Gasteiger partial charge is 0.356 e. The van der Waals surface area contributed by atoms with Crippen LogP contribution in [-0.4, -0.2) is 10.1 Å². The van der Waals surface area contributed by atoms with Crippen molar-refractivity contribution in [2.24, 2.45) is 0 Å². The summed E-state index contributed by atoms with van der Waals surface area (Å²) in [6.45, 7) is 1.93. The molecular weight excluding hydrogens is 128 g/mol. The summed E-state index contributed by atoms with van der Waals surface area (Å²) in [5, 5.41) is 4.64. The van der Waals surface area contributed by atoms with Gasteiger partial charge in [-0.3, -0.25) is 4.98 Å². The molecule has 0 bridgehead atoms. The smallest absolute Gasteiger partial charge is 0.170 e. The first-order valence-electron chi connectivity index (χ1n) is 3.04. The lowest BCUT2D eigenvalue weighted by Crippen LogP contribution is -1.77. The van der Waals surface area contributed by atoms with Crippen molar-refractivity contribution in [3.63, 3.8) is 0 Å². The molecule has 3 heteroatoms. The molecule has 0 fully saturated rings. The van der Waals surface area contributed by atoms with Gasteiger partial charge in [-0.2, -0.15) is 0 Å². The molecule has 0 aliphatic rings. The van der Waals surface area contributed by atoms with Crippen LogP contribution in [0.15, 0.2) is 23.0 Å². The zero-order valence-corrected chi connectivity index (χ0v) is 5.53. The number of rotatable bonds is 0. The van der Waals surface area contributed by atoms with Crippen LogP contribution in [-0.2, 0) is 0 Å². The van der Waals surface area contributed by atoms with Gasteiger partial charge in [0.2, 0.25) is 0 Å². The minimum Gasteiger partial charge on any atom is -0.356 e. The molecule has 0 amide bonds. The molecule has 2 heterocycles. The number of fused-ring (bicyclic) bond motifs is 1. The highest BCUT2D eigenvalue weighted by Gasteiger charge is 1.99. The summed E-state index contributed by atoms with van der Waals surface area (Å²) < 4.78 is 4.91. The van der Waals surface area contributed by atoms with E-state index in [4.69, 9.17) is 4.52 Å². The lowest BCUT2D eigenvalue weighted by Gasteiger charge is -1.88. The Labute approximate surface area is 57.7 Å². The number of hydrogen-bond donors (Lipinski definition) is 0. The molecule has 2 rings (SSSR count). The number of aryl methyl sites for hydroxylation is 1. The Bertz CT molecular complexity index is 353. The first kappa shape index (κ1) is 5.41. The molecular formula is C7H6N2O. The van der Waals surface area contributed by atoms with E-state index in [9.17, 15) is 0 Å². The molecule has 0 radical (unpaired) electrons. The van der Waals surface area contributed by atoms with Crippen LogP contribution in [0.3, 0.4) is 0 Å². The van der Waals surface area contributed by atoms with Crippen molar-refractivity contribution < 1.29 is 4.52 Å². The molecule has 0 N–H and O–H groups in total. The van der Waals surface area contributed by atoms with E-state index in [1.54, 1.807) is 18.5 Å². The number of nitrogens with zero attached hydrogens (tertiary/aromatic N) is 2. The van der Waals surface area contributed by atoms with Gasteiger partial charge < -0.3 is 4.52 Å². The van der Waals surface area contributed by atoms with E-state index in [1.807, 2.05) is 6.92 Å². The Hall–Kier alpha value is -1.38. The average molecular weight is 134 g/mol. The minimum absolute atomic E-state index is 0.799. The Morgan fingerprint density at radius 2 is 2.40 bits per heavy atom. The van der Waals surface area contributed by atoms with Crippen LogP contribution in [0.4, 0.5) is 0 Å². The Morgan fingerprint density at radius 1 is 1.50 bits per heavy atom. The van der Waals surface area contributed by atoms with Gasteiger partial charge in [-0.05, 0) is 6.92 Å². The van der Waals surface area contributed by atoms with E-state index in [-0.39, 0.29) is 0 Å². The highest BCUT2D eigenvalue weighted by atomic mass is 16.5. The van der Waals surface area contributed by atoms with Crippen molar-refractivity contribution in [2.75, 3.05) is 0 Å². The third-order valence-electron chi connectivity index (χ3n) is 1.48. The zero-order chi connectivity index (χ0) is 6.97. The molecule has 50 valence electrons. The van der Waals surface area contributed by atoms with Gasteiger partial charge in [-0.1, -0.05) is 5.16 Å². The summed E-state index contributed by atoms with van der Waals surface area (Å²) in [7, 11) is 0. The summed E-state index contributed by atoms with van der Waals surface area (Å²) in [5.74, 6) is 0. The maximum Gasteiger partial charge on any atom is 0.170 e. The van der Waals surface area contributed by atoms with Crippen LogP contribution in [0.5, 0.6) is 0 Å². The van der Waals surface area contributed by atoms with Gasteiger partial charge in [0, 0.05) is 18.0 Å². The molecule has 0 aliphatic heterocycles. The third kappa shape index (κ3) is 0.603. The second-order valence-corrected chi connectivity index (χ2v) is 2.13. The minimum atomic E-state index is 0.799. The van der Waals surface area contributed by atoms with Crippen molar-refractivity contribution >= 4 is 11.0 Å². The summed E-state index contributed by atoms with van der Waals surface area (Å²) in [6, 6.07) is 1.80. The van der Waals surface area contributed by atoms with Gasteiger partial charge in [-0.15, -0.1) is 0 Å². The summed E-state index contributed by atoms with van der Waals surface area (Å²) >= 11 is 0. The fourth-order valence-corrected chi connectivity index (χ4v) is 0.927. The van der Waals surface area contributed by atoms with E-state index < -0.39 is 0 Å². The highest BCUT2D eigenvalue weighted by Crippen LogP contribution is 2.13. The van der Waals surface area contributed by atoms with Crippen LogP contribution in [0.2, 0.25) is 0 Å². The van der Waals surface area contributed by atoms with E-state index in [1.165, 1.54) is 0 Å². The van der Waals surface area contributed by atoms with Gasteiger partial charge >= 0.3 is 0 Å². The van der Waals surface area contributed by atoms with E-state index in [0.717, 1.165) is 16.7 Å². The molecule has 0 unspecified atom stereocenters. The maximum atomic E-state index is 4.91. The fourth-order valence-electron chi connectivity index (χ4n) is 0.927. The molecule has 0 spiro atoms. The highest BCUT2D eigenvalue weighted by molar-refractivity contribution is 5.77. The van der Waals surface area contributed by atoms with Gasteiger partial charge in [-0.25, -0.2) is 0 Å². The molecule has 10 heavy (non-hydrogen) atoms. The number of pyridine rings is 1. The molecule has 2 aromatic heterocycles. The van der Waals surface area contributed by atoms with Crippen LogP contribution in [0.1, 0.15) is 5.69 Å². The Kier molecular flexibility index (Phi) is 0.974. The SMILES string of the molecule is Cc1nccc2oncc12. The Balaban J connectivity index is 2.95. The second-order valence-electron chi connectivity index (χ2n) is 2.13. The quantitative estimate of drug-likeness (QED) is 0.548. The van der Waals surface area contributed by atoms with Crippen molar-refractivity contribution in [2.45, 2.75) is 6.92 Å². The standard InChI is InChI=1S/C7H6N2O/c1-5-6-4-9-10-7(6)2-3-8-5/h2-4H,1H3. The van der Waals surface area contributed by atoms with Crippen LogP contribution >= 0.6 is 0 Å². The fraction of sp³-hybridized carbons (Fsp3) is 0.143. The van der Waals surface area contributed by atoms with E-state index in [0.29, 0.717) is 0 Å². The van der Waals surface area contributed by atoms with Crippen molar-refractivity contribution in [3.8, 4) is 0 Å². The first-order valence-corrected chi connectivity index (χ1v) is 3.04. The molecule has 2 aromatic rings. The van der Waals surface area contributed by atoms with Gasteiger partial charge in [0.25, 0.3) is 0 Å². The van der Waals surface area contributed by atoms with Crippen LogP contribution in [0, 0.1) is 6.92 Å². The predicted molar refractivity (Wildman–Crippen MR) is 36.5 cm³/mol. The average Bonchev–Trinajstić information content (AvgIpc) is 2.36. The molecule has 0 saturated heterocycles. The maximum absolute atomic E-state index is 4.91. The molecule has 0 atom stereocenters. The van der Waals surface area contributed by atoms with Crippen molar-refractivity contribution in [3.05, 3.63) is 24.2 Å². The van der Waals surface area contributed by atoms with Crippen molar-refractivity contribution in [1.82, 2.24) is 10.1 Å². The number of hydrogen-bond acceptors (Lipinski definition) is 3. The van der Waals surface area contributed by atoms with Crippen molar-refractivity contribution in [1.29, 1.82) is 0 Å². The second kappa shape index (κ2) is 1.80. The molecule has 0 saturated carbocycles. The van der Waals surface area contributed by atoms with E-state index >= 15 is 0 Å². The normalized spacial score (nSPS) is 10.5. The molecule has 0 aliphatic carbocycles. The van der Waals surface area contributed by atoms with Crippen LogP contribution in [0.25, 0.3) is 11.0 Å². The number of aromatic nitrogens is 2. The Morgan fingerprint density at radius 3 is 3.20 bits per heavy atom. The summed E-state index contributed by atoms with van der Waals surface area (Å²) in [4.78, 5) is 4.08. The lowest BCUT2D eigenvalue weighted by molar-refractivity contribution is 0.456. The van der Waals surface area contributed by atoms with Gasteiger partial charge in [0.05, 0.1) is 11.6 Å². The predicted octanol–water partition coefficient (Wildman–Crippen LogP) is 1.53. The lowest BCUT2D eigenvalue weighted by atomic mass is 10.3. The molecule has 0 aromatic carbocycles. The van der Waals surface area contributed by atoms with Gasteiger partial charge in [0.1, 0.15) is 0 Å². The monoisotopic (exact) mass is 134 g/mol.